The zero-order valence-corrected chi connectivity index (χ0v) is 15.3. The fourth-order valence-corrected chi connectivity index (χ4v) is 1.96. The Labute approximate surface area is 138 Å². The summed E-state index contributed by atoms with van der Waals surface area (Å²) >= 11 is 3.25. The standard InChI is InChI=1S/C16H31BrO4/c1-4-7-8-14(5-2)13-20-10-9-19-11-12-21-16(18)15(17)6-3/h14-15H,4-13H2,1-3H3. The summed E-state index contributed by atoms with van der Waals surface area (Å²) in [6, 6.07) is 0. The third kappa shape index (κ3) is 12.1. The first-order valence-electron chi connectivity index (χ1n) is 8.11. The Hall–Kier alpha value is -0.130. The largest absolute Gasteiger partial charge is 0.462 e. The predicted octanol–water partition coefficient (Wildman–Crippen LogP) is 3.95. The molecule has 2 atom stereocenters. The fraction of sp³-hybridized carbons (Fsp3) is 0.938. The van der Waals surface area contributed by atoms with Gasteiger partial charge in [-0.2, -0.15) is 0 Å². The van der Waals surface area contributed by atoms with Gasteiger partial charge in [0.15, 0.2) is 0 Å². The van der Waals surface area contributed by atoms with Crippen LogP contribution in [0.15, 0.2) is 0 Å². The molecule has 4 nitrogen and oxygen atoms in total. The molecule has 0 bridgehead atoms. The lowest BCUT2D eigenvalue weighted by Gasteiger charge is -2.14. The van der Waals surface area contributed by atoms with E-state index in [1.54, 1.807) is 0 Å². The average Bonchev–Trinajstić information content (AvgIpc) is 2.51. The maximum Gasteiger partial charge on any atom is 0.319 e. The van der Waals surface area contributed by atoms with Gasteiger partial charge in [0, 0.05) is 6.61 Å². The molecule has 0 aromatic rings. The van der Waals surface area contributed by atoms with Crippen molar-refractivity contribution < 1.29 is 19.0 Å². The lowest BCUT2D eigenvalue weighted by molar-refractivity contribution is -0.144. The molecule has 0 spiro atoms. The molecule has 0 fully saturated rings. The maximum absolute atomic E-state index is 11.4. The third-order valence-corrected chi connectivity index (χ3v) is 4.38. The Morgan fingerprint density at radius 2 is 1.67 bits per heavy atom. The van der Waals surface area contributed by atoms with E-state index in [0.717, 1.165) is 13.0 Å². The molecule has 0 rings (SSSR count). The number of hydrogen-bond acceptors (Lipinski definition) is 4. The molecule has 0 N–H and O–H groups in total. The summed E-state index contributed by atoms with van der Waals surface area (Å²) in [7, 11) is 0. The molecule has 5 heteroatoms. The van der Waals surface area contributed by atoms with Crippen LogP contribution in [-0.4, -0.2) is 43.8 Å². The highest BCUT2D eigenvalue weighted by Crippen LogP contribution is 2.12. The van der Waals surface area contributed by atoms with E-state index in [1.807, 2.05) is 6.92 Å². The van der Waals surface area contributed by atoms with Gasteiger partial charge in [-0.15, -0.1) is 0 Å². The number of halogens is 1. The fourth-order valence-electron chi connectivity index (χ4n) is 1.83. The van der Waals surface area contributed by atoms with Crippen molar-refractivity contribution in [2.45, 2.75) is 57.7 Å². The Bertz CT molecular complexity index is 248. The van der Waals surface area contributed by atoms with Crippen LogP contribution in [0.25, 0.3) is 0 Å². The number of carbonyl (C=O) groups excluding carboxylic acids is 1. The lowest BCUT2D eigenvalue weighted by Crippen LogP contribution is -2.19. The van der Waals surface area contributed by atoms with E-state index >= 15 is 0 Å². The van der Waals surface area contributed by atoms with Crippen LogP contribution in [0.2, 0.25) is 0 Å². The molecule has 0 aromatic heterocycles. The molecular weight excluding hydrogens is 336 g/mol. The van der Waals surface area contributed by atoms with Crippen molar-refractivity contribution in [3.63, 3.8) is 0 Å². The highest BCUT2D eigenvalue weighted by molar-refractivity contribution is 9.10. The molecule has 0 saturated heterocycles. The average molecular weight is 367 g/mol. The van der Waals surface area contributed by atoms with Gasteiger partial charge in [0.25, 0.3) is 0 Å². The molecule has 21 heavy (non-hydrogen) atoms. The van der Waals surface area contributed by atoms with Gasteiger partial charge in [0.2, 0.25) is 0 Å². The summed E-state index contributed by atoms with van der Waals surface area (Å²) in [5, 5.41) is 0. The van der Waals surface area contributed by atoms with Gasteiger partial charge in [0.1, 0.15) is 11.4 Å². The van der Waals surface area contributed by atoms with E-state index in [0.29, 0.717) is 32.3 Å². The van der Waals surface area contributed by atoms with Crippen LogP contribution in [0.4, 0.5) is 0 Å². The molecular formula is C16H31BrO4. The number of carbonyl (C=O) groups is 1. The second-order valence-corrected chi connectivity index (χ2v) is 6.25. The van der Waals surface area contributed by atoms with Crippen LogP contribution >= 0.6 is 15.9 Å². The van der Waals surface area contributed by atoms with Crippen LogP contribution < -0.4 is 0 Å². The monoisotopic (exact) mass is 366 g/mol. The van der Waals surface area contributed by atoms with Gasteiger partial charge in [-0.25, -0.2) is 0 Å². The van der Waals surface area contributed by atoms with Crippen molar-refractivity contribution in [1.82, 2.24) is 0 Å². The van der Waals surface area contributed by atoms with Crippen LogP contribution in [-0.2, 0) is 19.0 Å². The third-order valence-electron chi connectivity index (χ3n) is 3.36. The van der Waals surface area contributed by atoms with Crippen LogP contribution in [0.5, 0.6) is 0 Å². The number of hydrogen-bond donors (Lipinski definition) is 0. The van der Waals surface area contributed by atoms with E-state index < -0.39 is 0 Å². The van der Waals surface area contributed by atoms with Gasteiger partial charge in [-0.1, -0.05) is 56.0 Å². The zero-order chi connectivity index (χ0) is 15.9. The van der Waals surface area contributed by atoms with Crippen LogP contribution in [0, 0.1) is 5.92 Å². The topological polar surface area (TPSA) is 44.8 Å². The molecule has 0 radical (unpaired) electrons. The summed E-state index contributed by atoms with van der Waals surface area (Å²) in [5.41, 5.74) is 0. The summed E-state index contributed by atoms with van der Waals surface area (Å²) in [6.45, 7) is 9.05. The molecule has 0 aliphatic heterocycles. The Balaban J connectivity index is 3.37. The molecule has 2 unspecified atom stereocenters. The second-order valence-electron chi connectivity index (χ2n) is 5.15. The zero-order valence-electron chi connectivity index (χ0n) is 13.7. The number of rotatable bonds is 14. The number of alkyl halides is 1. The summed E-state index contributed by atoms with van der Waals surface area (Å²) in [5.74, 6) is 0.440. The Morgan fingerprint density at radius 1 is 1.00 bits per heavy atom. The van der Waals surface area contributed by atoms with Crippen molar-refractivity contribution in [2.75, 3.05) is 33.0 Å². The first kappa shape index (κ1) is 20.9. The summed E-state index contributed by atoms with van der Waals surface area (Å²) < 4.78 is 16.1. The van der Waals surface area contributed by atoms with E-state index in [9.17, 15) is 4.79 Å². The van der Waals surface area contributed by atoms with Crippen molar-refractivity contribution in [1.29, 1.82) is 0 Å². The number of unbranched alkanes of at least 4 members (excludes halogenated alkanes) is 1. The van der Waals surface area contributed by atoms with E-state index in [1.165, 1.54) is 25.7 Å². The van der Waals surface area contributed by atoms with Gasteiger partial charge < -0.3 is 14.2 Å². The number of ether oxygens (including phenoxy) is 3. The van der Waals surface area contributed by atoms with Crippen molar-refractivity contribution in [3.05, 3.63) is 0 Å². The number of esters is 1. The normalized spacial score (nSPS) is 13.9. The minimum atomic E-state index is -0.223. The first-order chi connectivity index (χ1) is 10.2. The molecule has 0 aliphatic carbocycles. The van der Waals surface area contributed by atoms with Gasteiger partial charge >= 0.3 is 5.97 Å². The predicted molar refractivity (Wildman–Crippen MR) is 88.9 cm³/mol. The van der Waals surface area contributed by atoms with Gasteiger partial charge in [-0.05, 0) is 18.8 Å². The van der Waals surface area contributed by atoms with Gasteiger partial charge in [0.05, 0.1) is 19.8 Å². The smallest absolute Gasteiger partial charge is 0.319 e. The van der Waals surface area contributed by atoms with Crippen molar-refractivity contribution in [2.24, 2.45) is 5.92 Å². The highest BCUT2D eigenvalue weighted by Gasteiger charge is 2.13. The van der Waals surface area contributed by atoms with E-state index in [-0.39, 0.29) is 10.8 Å². The van der Waals surface area contributed by atoms with Crippen molar-refractivity contribution >= 4 is 21.9 Å². The molecule has 0 heterocycles. The van der Waals surface area contributed by atoms with Gasteiger partial charge in [-0.3, -0.25) is 4.79 Å². The lowest BCUT2D eigenvalue weighted by atomic mass is 10.0. The molecule has 0 amide bonds. The maximum atomic E-state index is 11.4. The van der Waals surface area contributed by atoms with E-state index in [2.05, 4.69) is 29.8 Å². The van der Waals surface area contributed by atoms with Crippen molar-refractivity contribution in [3.8, 4) is 0 Å². The highest BCUT2D eigenvalue weighted by atomic mass is 79.9. The SMILES string of the molecule is CCCCC(CC)COCCOCCOC(=O)C(Br)CC. The molecule has 0 saturated carbocycles. The summed E-state index contributed by atoms with van der Waals surface area (Å²) in [4.78, 5) is 11.1. The molecule has 0 aliphatic rings. The van der Waals surface area contributed by atoms with Crippen LogP contribution in [0.1, 0.15) is 52.9 Å². The minimum Gasteiger partial charge on any atom is -0.462 e. The molecule has 126 valence electrons. The van der Waals surface area contributed by atoms with E-state index in [4.69, 9.17) is 14.2 Å². The Kier molecular flexibility index (Phi) is 14.7. The quantitative estimate of drug-likeness (QED) is 0.265. The molecule has 0 aromatic carbocycles. The minimum absolute atomic E-state index is 0.213. The van der Waals surface area contributed by atoms with Crippen LogP contribution in [0.3, 0.4) is 0 Å². The first-order valence-corrected chi connectivity index (χ1v) is 9.03. The second kappa shape index (κ2) is 14.8. The Morgan fingerprint density at radius 3 is 2.29 bits per heavy atom. The summed E-state index contributed by atoms with van der Waals surface area (Å²) in [6.07, 6.45) is 5.66.